The molecule has 0 saturated carbocycles. The van der Waals surface area contributed by atoms with Crippen LogP contribution in [-0.4, -0.2) is 21.0 Å². The largest absolute Gasteiger partial charge is 0.478 e. The molecule has 7 heteroatoms. The molecule has 1 aromatic heterocycles. The van der Waals surface area contributed by atoms with E-state index in [1.165, 1.54) is 0 Å². The predicted octanol–water partition coefficient (Wildman–Crippen LogP) is 0.670. The van der Waals surface area contributed by atoms with Crippen LogP contribution in [0.25, 0.3) is 6.08 Å². The molecule has 0 amide bonds. The van der Waals surface area contributed by atoms with Gasteiger partial charge in [0, 0.05) is 17.7 Å². The standard InChI is InChI=1S/C8H7N3O4/c9-8-5(1-2-7(12)13)3-6(4-10-8)11(14)15/h1-4H,(H2,9,10)(H,12,13). The van der Waals surface area contributed by atoms with Crippen molar-refractivity contribution in [1.82, 2.24) is 4.98 Å². The van der Waals surface area contributed by atoms with Gasteiger partial charge in [0.1, 0.15) is 12.0 Å². The van der Waals surface area contributed by atoms with E-state index in [0.29, 0.717) is 0 Å². The van der Waals surface area contributed by atoms with Crippen LogP contribution in [0.4, 0.5) is 11.5 Å². The van der Waals surface area contributed by atoms with Gasteiger partial charge < -0.3 is 10.8 Å². The summed E-state index contributed by atoms with van der Waals surface area (Å²) in [6, 6.07) is 1.15. The Morgan fingerprint density at radius 3 is 2.87 bits per heavy atom. The Morgan fingerprint density at radius 1 is 1.67 bits per heavy atom. The number of hydrogen-bond donors (Lipinski definition) is 2. The predicted molar refractivity (Wildman–Crippen MR) is 52.0 cm³/mol. The van der Waals surface area contributed by atoms with Crippen molar-refractivity contribution in [2.75, 3.05) is 5.73 Å². The van der Waals surface area contributed by atoms with Gasteiger partial charge in [0.2, 0.25) is 0 Å². The zero-order valence-electron chi connectivity index (χ0n) is 7.45. The number of carbonyl (C=O) groups is 1. The van der Waals surface area contributed by atoms with Crippen molar-refractivity contribution in [1.29, 1.82) is 0 Å². The Morgan fingerprint density at radius 2 is 2.33 bits per heavy atom. The second kappa shape index (κ2) is 4.18. The number of carboxylic acids is 1. The van der Waals surface area contributed by atoms with Crippen LogP contribution in [0.5, 0.6) is 0 Å². The molecule has 3 N–H and O–H groups in total. The average molecular weight is 209 g/mol. The smallest absolute Gasteiger partial charge is 0.328 e. The molecule has 0 aromatic carbocycles. The molecule has 15 heavy (non-hydrogen) atoms. The Kier molecular flexibility index (Phi) is 2.97. The number of carboxylic acid groups (broad SMARTS) is 1. The summed E-state index contributed by atoms with van der Waals surface area (Å²) in [5, 5.41) is 18.7. The fourth-order valence-electron chi connectivity index (χ4n) is 0.875. The molecule has 1 heterocycles. The summed E-state index contributed by atoms with van der Waals surface area (Å²) in [5.41, 5.74) is 5.36. The van der Waals surface area contributed by atoms with E-state index in [0.717, 1.165) is 24.4 Å². The number of nitrogen functional groups attached to an aromatic ring is 1. The molecular weight excluding hydrogens is 202 g/mol. The van der Waals surface area contributed by atoms with E-state index in [1.54, 1.807) is 0 Å². The molecule has 1 aromatic rings. The monoisotopic (exact) mass is 209 g/mol. The summed E-state index contributed by atoms with van der Waals surface area (Å²) in [5.74, 6) is -1.13. The van der Waals surface area contributed by atoms with Crippen LogP contribution >= 0.6 is 0 Å². The Hall–Kier alpha value is -2.44. The van der Waals surface area contributed by atoms with E-state index in [-0.39, 0.29) is 17.1 Å². The van der Waals surface area contributed by atoms with Crippen molar-refractivity contribution in [3.63, 3.8) is 0 Å². The van der Waals surface area contributed by atoms with Crippen LogP contribution in [0.15, 0.2) is 18.3 Å². The van der Waals surface area contributed by atoms with Crippen molar-refractivity contribution >= 4 is 23.6 Å². The summed E-state index contributed by atoms with van der Waals surface area (Å²) < 4.78 is 0. The molecule has 0 bridgehead atoms. The number of nitrogens with zero attached hydrogens (tertiary/aromatic N) is 2. The van der Waals surface area contributed by atoms with Gasteiger partial charge >= 0.3 is 5.97 Å². The topological polar surface area (TPSA) is 119 Å². The maximum Gasteiger partial charge on any atom is 0.328 e. The number of hydrogen-bond acceptors (Lipinski definition) is 5. The molecule has 7 nitrogen and oxygen atoms in total. The third kappa shape index (κ3) is 2.76. The maximum atomic E-state index is 10.4. The van der Waals surface area contributed by atoms with Gasteiger partial charge in [0.05, 0.1) is 4.92 Å². The molecule has 0 aliphatic heterocycles. The number of rotatable bonds is 3. The lowest BCUT2D eigenvalue weighted by molar-refractivity contribution is -0.385. The molecule has 78 valence electrons. The first kappa shape index (κ1) is 10.6. The van der Waals surface area contributed by atoms with Crippen molar-refractivity contribution in [3.8, 4) is 0 Å². The molecule has 0 spiro atoms. The Balaban J connectivity index is 3.11. The van der Waals surface area contributed by atoms with Crippen LogP contribution in [0, 0.1) is 10.1 Å². The second-order valence-electron chi connectivity index (χ2n) is 2.60. The highest BCUT2D eigenvalue weighted by Gasteiger charge is 2.08. The fourth-order valence-corrected chi connectivity index (χ4v) is 0.875. The minimum absolute atomic E-state index is 0.0399. The summed E-state index contributed by atoms with van der Waals surface area (Å²) in [7, 11) is 0. The van der Waals surface area contributed by atoms with Gasteiger partial charge in [-0.1, -0.05) is 0 Å². The normalized spacial score (nSPS) is 10.4. The summed E-state index contributed by atoms with van der Waals surface area (Å²) in [4.78, 5) is 23.5. The second-order valence-corrected chi connectivity index (χ2v) is 2.60. The average Bonchev–Trinajstić information content (AvgIpc) is 2.16. The molecule has 0 aliphatic rings. The molecule has 0 fully saturated rings. The van der Waals surface area contributed by atoms with E-state index in [2.05, 4.69) is 4.98 Å². The van der Waals surface area contributed by atoms with Gasteiger partial charge in [-0.15, -0.1) is 0 Å². The van der Waals surface area contributed by atoms with Crippen molar-refractivity contribution < 1.29 is 14.8 Å². The van der Waals surface area contributed by atoms with Crippen molar-refractivity contribution in [3.05, 3.63) is 34.0 Å². The highest BCUT2D eigenvalue weighted by atomic mass is 16.6. The van der Waals surface area contributed by atoms with Gasteiger partial charge in [-0.2, -0.15) is 0 Å². The third-order valence-electron chi connectivity index (χ3n) is 1.55. The Labute approximate surface area is 84.0 Å². The van der Waals surface area contributed by atoms with Crippen LogP contribution in [0.1, 0.15) is 5.56 Å². The van der Waals surface area contributed by atoms with E-state index < -0.39 is 10.9 Å². The molecule has 1 rings (SSSR count). The van der Waals surface area contributed by atoms with Gasteiger partial charge in [-0.25, -0.2) is 9.78 Å². The van der Waals surface area contributed by atoms with Crippen LogP contribution in [0.3, 0.4) is 0 Å². The van der Waals surface area contributed by atoms with Crippen molar-refractivity contribution in [2.45, 2.75) is 0 Å². The lowest BCUT2D eigenvalue weighted by atomic mass is 10.2. The summed E-state index contributed by atoms with van der Waals surface area (Å²) in [6.45, 7) is 0. The van der Waals surface area contributed by atoms with E-state index in [1.807, 2.05) is 0 Å². The number of aromatic nitrogens is 1. The summed E-state index contributed by atoms with van der Waals surface area (Å²) in [6.07, 6.45) is 2.99. The van der Waals surface area contributed by atoms with E-state index in [9.17, 15) is 14.9 Å². The number of pyridine rings is 1. The first-order valence-electron chi connectivity index (χ1n) is 3.81. The first-order chi connectivity index (χ1) is 7.00. The molecule has 0 unspecified atom stereocenters. The van der Waals surface area contributed by atoms with Crippen LogP contribution in [-0.2, 0) is 4.79 Å². The highest BCUT2D eigenvalue weighted by molar-refractivity contribution is 5.86. The minimum atomic E-state index is -1.17. The third-order valence-corrected chi connectivity index (χ3v) is 1.55. The maximum absolute atomic E-state index is 10.4. The zero-order chi connectivity index (χ0) is 11.4. The highest BCUT2D eigenvalue weighted by Crippen LogP contribution is 2.17. The van der Waals surface area contributed by atoms with E-state index >= 15 is 0 Å². The van der Waals surface area contributed by atoms with Gasteiger partial charge in [-0.05, 0) is 6.08 Å². The number of nitro groups is 1. The molecule has 0 radical (unpaired) electrons. The van der Waals surface area contributed by atoms with Gasteiger partial charge in [0.15, 0.2) is 0 Å². The summed E-state index contributed by atoms with van der Waals surface area (Å²) >= 11 is 0. The van der Waals surface area contributed by atoms with Crippen molar-refractivity contribution in [2.24, 2.45) is 0 Å². The zero-order valence-corrected chi connectivity index (χ0v) is 7.45. The van der Waals surface area contributed by atoms with Gasteiger partial charge in [-0.3, -0.25) is 10.1 Å². The molecule has 0 saturated heterocycles. The number of anilines is 1. The van der Waals surface area contributed by atoms with E-state index in [4.69, 9.17) is 10.8 Å². The quantitative estimate of drug-likeness (QED) is 0.429. The number of aliphatic carboxylic acids is 1. The van der Waals surface area contributed by atoms with Crippen LogP contribution < -0.4 is 5.73 Å². The lowest BCUT2D eigenvalue weighted by Gasteiger charge is -1.97. The minimum Gasteiger partial charge on any atom is -0.478 e. The SMILES string of the molecule is Nc1ncc([N+](=O)[O-])cc1C=CC(=O)O. The number of nitrogens with two attached hydrogens (primary N) is 1. The lowest BCUT2D eigenvalue weighted by Crippen LogP contribution is -1.97. The molecular formula is C8H7N3O4. The molecule has 0 aliphatic carbocycles. The fraction of sp³-hybridized carbons (Fsp3) is 0. The Bertz CT molecular complexity index is 442. The van der Waals surface area contributed by atoms with Gasteiger partial charge in [0.25, 0.3) is 5.69 Å². The first-order valence-corrected chi connectivity index (χ1v) is 3.81. The van der Waals surface area contributed by atoms with Crippen LogP contribution in [0.2, 0.25) is 0 Å². The molecule has 0 atom stereocenters.